The molecule has 11 rings (SSSR count). The van der Waals surface area contributed by atoms with E-state index in [0.717, 1.165) is 72.3 Å². The molecule has 0 aliphatic carbocycles. The number of nitrogens with zero attached hydrogens (tertiary/aromatic N) is 4. The predicted octanol–water partition coefficient (Wildman–Crippen LogP) is 12.9. The maximum Gasteiger partial charge on any atom is 0.235 e. The summed E-state index contributed by atoms with van der Waals surface area (Å²) in [6.45, 7) is 0. The van der Waals surface area contributed by atoms with Gasteiger partial charge in [-0.2, -0.15) is 0 Å². The Morgan fingerprint density at radius 2 is 0.782 bits per heavy atom. The molecule has 258 valence electrons. The Morgan fingerprint density at radius 3 is 1.33 bits per heavy atom. The van der Waals surface area contributed by atoms with Gasteiger partial charge in [0.1, 0.15) is 0 Å². The number of hydrogen-bond donors (Lipinski definition) is 0. The van der Waals surface area contributed by atoms with Gasteiger partial charge in [-0.15, -0.1) is 0 Å². The fraction of sp³-hybridized carbons (Fsp3) is 0. The smallest absolute Gasteiger partial charge is 0.235 e. The molecule has 4 aromatic heterocycles. The van der Waals surface area contributed by atoms with Gasteiger partial charge < -0.3 is 8.98 Å². The fourth-order valence-electron chi connectivity index (χ4n) is 8.14. The molecule has 0 aliphatic rings. The van der Waals surface area contributed by atoms with E-state index in [4.69, 9.17) is 14.4 Å². The van der Waals surface area contributed by atoms with Crippen molar-refractivity contribution in [3.05, 3.63) is 195 Å². The molecule has 0 unspecified atom stereocenters. The summed E-state index contributed by atoms with van der Waals surface area (Å²) in [4.78, 5) is 10.4. The topological polar surface area (TPSA) is 48.8 Å². The second kappa shape index (κ2) is 12.6. The summed E-state index contributed by atoms with van der Waals surface area (Å²) in [6.07, 6.45) is 3.74. The largest absolute Gasteiger partial charge is 0.471 e. The fourth-order valence-corrected chi connectivity index (χ4v) is 8.14. The third-order valence-corrected chi connectivity index (χ3v) is 10.7. The molecule has 4 heterocycles. The van der Waals surface area contributed by atoms with Gasteiger partial charge >= 0.3 is 0 Å². The average Bonchev–Trinajstić information content (AvgIpc) is 3.97. The molecule has 0 N–H and O–H groups in total. The first kappa shape index (κ1) is 31.1. The molecule has 55 heavy (non-hydrogen) atoms. The maximum atomic E-state index is 5.98. The number of aromatic nitrogens is 4. The summed E-state index contributed by atoms with van der Waals surface area (Å²) < 4.78 is 10.5. The van der Waals surface area contributed by atoms with Crippen LogP contribution in [0.4, 0.5) is 0 Å². The van der Waals surface area contributed by atoms with Crippen molar-refractivity contribution in [2.24, 2.45) is 0 Å². The number of hydrogen-bond acceptors (Lipinski definition) is 3. The Balaban J connectivity index is 1.07. The van der Waals surface area contributed by atoms with Crippen LogP contribution in [0.1, 0.15) is 0 Å². The van der Waals surface area contributed by atoms with Crippen molar-refractivity contribution < 1.29 is 4.42 Å². The van der Waals surface area contributed by atoms with Gasteiger partial charge in [0.15, 0.2) is 0 Å². The van der Waals surface area contributed by atoms with E-state index in [1.54, 1.807) is 0 Å². The average molecular weight is 705 g/mol. The molecular weight excluding hydrogens is 673 g/mol. The molecule has 0 saturated carbocycles. The van der Waals surface area contributed by atoms with Crippen LogP contribution in [0.25, 0.3) is 100 Å². The summed E-state index contributed by atoms with van der Waals surface area (Å²) in [5, 5.41) is 4.68. The van der Waals surface area contributed by atoms with Crippen LogP contribution in [0.15, 0.2) is 199 Å². The van der Waals surface area contributed by atoms with Gasteiger partial charge in [0.05, 0.1) is 46.0 Å². The third-order valence-electron chi connectivity index (χ3n) is 10.7. The minimum absolute atomic E-state index is 0.631. The highest BCUT2D eigenvalue weighted by Crippen LogP contribution is 2.41. The van der Waals surface area contributed by atoms with Gasteiger partial charge in [-0.3, -0.25) is 4.57 Å². The molecule has 11 aromatic rings. The lowest BCUT2D eigenvalue weighted by Gasteiger charge is -2.12. The molecule has 5 heteroatoms. The van der Waals surface area contributed by atoms with Crippen LogP contribution in [0, 0.1) is 0 Å². The van der Waals surface area contributed by atoms with Crippen LogP contribution in [0.2, 0.25) is 0 Å². The third kappa shape index (κ3) is 5.09. The SMILES string of the molecule is c1ccc(-c2cc(-c3ccccc3)nc(-n3c4ccccc4c4cc(-c5cocc5-c5ccc6c(c5)c5ccccc5n6-c5ccccc5)ccc43)n2)cc1. The predicted molar refractivity (Wildman–Crippen MR) is 225 cm³/mol. The highest BCUT2D eigenvalue weighted by molar-refractivity contribution is 6.12. The molecule has 0 spiro atoms. The van der Waals surface area contributed by atoms with Crippen molar-refractivity contribution in [3.8, 4) is 56.4 Å². The highest BCUT2D eigenvalue weighted by atomic mass is 16.3. The highest BCUT2D eigenvalue weighted by Gasteiger charge is 2.20. The van der Waals surface area contributed by atoms with E-state index in [9.17, 15) is 0 Å². The number of fused-ring (bicyclic) bond motifs is 6. The number of rotatable bonds is 6. The summed E-state index contributed by atoms with van der Waals surface area (Å²) >= 11 is 0. The molecule has 0 atom stereocenters. The van der Waals surface area contributed by atoms with Crippen LogP contribution in [0.5, 0.6) is 0 Å². The lowest BCUT2D eigenvalue weighted by Crippen LogP contribution is -2.03. The number of benzene rings is 7. The second-order valence-corrected chi connectivity index (χ2v) is 13.9. The Kier molecular flexibility index (Phi) is 7.10. The second-order valence-electron chi connectivity index (χ2n) is 13.9. The lowest BCUT2D eigenvalue weighted by atomic mass is 9.96. The number of para-hydroxylation sites is 3. The first-order valence-electron chi connectivity index (χ1n) is 18.5. The van der Waals surface area contributed by atoms with Crippen LogP contribution >= 0.6 is 0 Å². The van der Waals surface area contributed by atoms with Crippen molar-refractivity contribution in [1.29, 1.82) is 0 Å². The van der Waals surface area contributed by atoms with E-state index < -0.39 is 0 Å². The van der Waals surface area contributed by atoms with E-state index in [-0.39, 0.29) is 0 Å². The van der Waals surface area contributed by atoms with Crippen LogP contribution in [-0.4, -0.2) is 19.1 Å². The first-order chi connectivity index (χ1) is 27.3. The van der Waals surface area contributed by atoms with Crippen LogP contribution < -0.4 is 0 Å². The van der Waals surface area contributed by atoms with Crippen molar-refractivity contribution in [1.82, 2.24) is 19.1 Å². The minimum Gasteiger partial charge on any atom is -0.471 e. The molecule has 0 saturated heterocycles. The van der Waals surface area contributed by atoms with Gasteiger partial charge in [-0.25, -0.2) is 9.97 Å². The molecule has 7 aromatic carbocycles. The quantitative estimate of drug-likeness (QED) is 0.173. The minimum atomic E-state index is 0.631. The standard InChI is InChI=1S/C50H32N4O/c1-4-14-33(15-5-1)44-30-45(34-16-6-2-7-17-34)52-50(51-44)54-47-23-13-11-21-39(47)41-29-36(25-27-49(41)54)43-32-55-31-42(43)35-24-26-48-40(28-35)38-20-10-12-22-46(38)53(48)37-18-8-3-9-19-37/h1-32H. The van der Waals surface area contributed by atoms with E-state index in [0.29, 0.717) is 5.95 Å². The monoisotopic (exact) mass is 704 g/mol. The molecule has 0 fully saturated rings. The van der Waals surface area contributed by atoms with E-state index in [2.05, 4.69) is 155 Å². The normalized spacial score (nSPS) is 11.6. The Morgan fingerprint density at radius 1 is 0.345 bits per heavy atom. The Hall–Kier alpha value is -7.50. The van der Waals surface area contributed by atoms with Gasteiger partial charge in [-0.1, -0.05) is 127 Å². The van der Waals surface area contributed by atoms with Crippen molar-refractivity contribution in [3.63, 3.8) is 0 Å². The van der Waals surface area contributed by atoms with Crippen LogP contribution in [0.3, 0.4) is 0 Å². The van der Waals surface area contributed by atoms with E-state index in [1.807, 2.05) is 48.9 Å². The van der Waals surface area contributed by atoms with Gasteiger partial charge in [0.2, 0.25) is 5.95 Å². The van der Waals surface area contributed by atoms with Gasteiger partial charge in [-0.05, 0) is 65.7 Å². The maximum absolute atomic E-state index is 5.98. The van der Waals surface area contributed by atoms with E-state index >= 15 is 0 Å². The first-order valence-corrected chi connectivity index (χ1v) is 18.5. The molecular formula is C50H32N4O. The van der Waals surface area contributed by atoms with E-state index in [1.165, 1.54) is 21.8 Å². The zero-order chi connectivity index (χ0) is 36.3. The van der Waals surface area contributed by atoms with Crippen molar-refractivity contribution >= 4 is 43.6 Å². The van der Waals surface area contributed by atoms with Gasteiger partial charge in [0, 0.05) is 49.5 Å². The molecule has 0 bridgehead atoms. The zero-order valence-corrected chi connectivity index (χ0v) is 29.7. The Labute approximate surface area is 317 Å². The summed E-state index contributed by atoms with van der Waals surface area (Å²) in [6, 6.07) is 63.8. The summed E-state index contributed by atoms with van der Waals surface area (Å²) in [5.74, 6) is 0.631. The molecule has 0 radical (unpaired) electrons. The molecule has 5 nitrogen and oxygen atoms in total. The van der Waals surface area contributed by atoms with Gasteiger partial charge in [0.25, 0.3) is 0 Å². The van der Waals surface area contributed by atoms with Crippen LogP contribution in [-0.2, 0) is 0 Å². The van der Waals surface area contributed by atoms with Crippen molar-refractivity contribution in [2.45, 2.75) is 0 Å². The molecule has 0 aliphatic heterocycles. The summed E-state index contributed by atoms with van der Waals surface area (Å²) in [7, 11) is 0. The summed E-state index contributed by atoms with van der Waals surface area (Å²) in [5.41, 5.74) is 13.7. The molecule has 0 amide bonds. The lowest BCUT2D eigenvalue weighted by molar-refractivity contribution is 0.569. The number of furan rings is 1. The Bertz CT molecular complexity index is 3140. The zero-order valence-electron chi connectivity index (χ0n) is 29.7. The van der Waals surface area contributed by atoms with Crippen molar-refractivity contribution in [2.75, 3.05) is 0 Å².